The molecule has 0 heterocycles. The van der Waals surface area contributed by atoms with Gasteiger partial charge < -0.3 is 0 Å². The maximum Gasteiger partial charge on any atom is -0.00605 e. The fraction of sp³-hybridized carbons (Fsp3) is 0.586. The van der Waals surface area contributed by atoms with Crippen LogP contribution in [0.25, 0.3) is 11.1 Å². The van der Waals surface area contributed by atoms with E-state index in [4.69, 9.17) is 0 Å². The summed E-state index contributed by atoms with van der Waals surface area (Å²) in [4.78, 5) is 0. The monoisotopic (exact) mass is 388 g/mol. The number of rotatable bonds is 7. The Morgan fingerprint density at radius 2 is 1.83 bits per heavy atom. The number of fused-ring (bicyclic) bond motifs is 3. The van der Waals surface area contributed by atoms with E-state index in [1.165, 1.54) is 67.2 Å². The van der Waals surface area contributed by atoms with Gasteiger partial charge in [0.1, 0.15) is 0 Å². The second-order valence-electron chi connectivity index (χ2n) is 11.1. The van der Waals surface area contributed by atoms with Gasteiger partial charge in [-0.1, -0.05) is 95.4 Å². The molecule has 2 unspecified atom stereocenters. The molecule has 1 aromatic rings. The molecular weight excluding hydrogens is 348 g/mol. The summed E-state index contributed by atoms with van der Waals surface area (Å²) in [5.74, 6) is 2.36. The lowest BCUT2D eigenvalue weighted by Crippen LogP contribution is -2.28. The minimum Gasteiger partial charge on any atom is -0.0776 e. The van der Waals surface area contributed by atoms with Crippen molar-refractivity contribution in [3.05, 3.63) is 58.2 Å². The number of hydrogen-bond acceptors (Lipinski definition) is 0. The van der Waals surface area contributed by atoms with E-state index < -0.39 is 0 Å². The van der Waals surface area contributed by atoms with E-state index in [1.54, 1.807) is 16.7 Å². The summed E-state index contributed by atoms with van der Waals surface area (Å²) in [6, 6.07) is 7.13. The molecule has 2 atom stereocenters. The Balaban J connectivity index is 1.63. The highest BCUT2D eigenvalue weighted by Gasteiger charge is 2.43. The third kappa shape index (κ3) is 3.92. The topological polar surface area (TPSA) is 0 Å². The van der Waals surface area contributed by atoms with Crippen LogP contribution in [-0.4, -0.2) is 0 Å². The quantitative estimate of drug-likeness (QED) is 0.438. The van der Waals surface area contributed by atoms with Gasteiger partial charge in [-0.25, -0.2) is 0 Å². The summed E-state index contributed by atoms with van der Waals surface area (Å²) >= 11 is 0. The van der Waals surface area contributed by atoms with Crippen molar-refractivity contribution in [3.8, 4) is 0 Å². The molecule has 0 fully saturated rings. The van der Waals surface area contributed by atoms with Crippen LogP contribution in [-0.2, 0) is 0 Å². The van der Waals surface area contributed by atoms with Gasteiger partial charge in [0.05, 0.1) is 0 Å². The highest BCUT2D eigenvalue weighted by Crippen LogP contribution is 2.58. The fourth-order valence-corrected chi connectivity index (χ4v) is 5.88. The molecule has 0 heteroatoms. The fourth-order valence-electron chi connectivity index (χ4n) is 5.88. The van der Waals surface area contributed by atoms with Crippen molar-refractivity contribution in [2.75, 3.05) is 0 Å². The van der Waals surface area contributed by atoms with Crippen molar-refractivity contribution in [1.29, 1.82) is 0 Å². The van der Waals surface area contributed by atoms with Crippen LogP contribution >= 0.6 is 0 Å². The Kier molecular flexibility index (Phi) is 5.66. The summed E-state index contributed by atoms with van der Waals surface area (Å²) < 4.78 is 0. The summed E-state index contributed by atoms with van der Waals surface area (Å²) in [6.07, 6.45) is 14.3. The van der Waals surface area contributed by atoms with Gasteiger partial charge >= 0.3 is 0 Å². The molecule has 0 aliphatic heterocycles. The maximum atomic E-state index is 2.48. The van der Waals surface area contributed by atoms with E-state index >= 15 is 0 Å². The zero-order chi connectivity index (χ0) is 20.8. The van der Waals surface area contributed by atoms with Gasteiger partial charge in [0, 0.05) is 0 Å². The van der Waals surface area contributed by atoms with E-state index in [0.717, 1.165) is 11.8 Å². The van der Waals surface area contributed by atoms with Crippen molar-refractivity contribution in [3.63, 3.8) is 0 Å². The molecule has 0 spiro atoms. The van der Waals surface area contributed by atoms with Crippen LogP contribution in [0, 0.1) is 30.1 Å². The largest absolute Gasteiger partial charge is 0.0776 e. The molecule has 0 saturated heterocycles. The number of hydrogen-bond donors (Lipinski definition) is 0. The number of aryl methyl sites for hydroxylation is 1. The molecule has 3 aliphatic carbocycles. The summed E-state index contributed by atoms with van der Waals surface area (Å²) in [5, 5.41) is 0. The second kappa shape index (κ2) is 7.93. The molecule has 156 valence electrons. The van der Waals surface area contributed by atoms with Gasteiger partial charge in [-0.3, -0.25) is 0 Å². The van der Waals surface area contributed by atoms with E-state index in [9.17, 15) is 0 Å². The van der Waals surface area contributed by atoms with Gasteiger partial charge in [0.15, 0.2) is 0 Å². The first-order valence-corrected chi connectivity index (χ1v) is 12.0. The average molecular weight is 389 g/mol. The minimum atomic E-state index is 0.275. The zero-order valence-corrected chi connectivity index (χ0v) is 19.6. The molecule has 0 amide bonds. The predicted octanol–water partition coefficient (Wildman–Crippen LogP) is 8.76. The Hall–Kier alpha value is -1.56. The SMILES string of the molecule is Cc1ccc2c(c1)C1=C(CCC(C)CCCC(C)C)CCC3C1=C2C=CC3(C)C. The maximum absolute atomic E-state index is 2.48. The summed E-state index contributed by atoms with van der Waals surface area (Å²) in [6.45, 7) is 14.3. The zero-order valence-electron chi connectivity index (χ0n) is 19.6. The number of benzene rings is 1. The highest BCUT2D eigenvalue weighted by molar-refractivity contribution is 6.05. The van der Waals surface area contributed by atoms with E-state index in [2.05, 4.69) is 71.9 Å². The molecular formula is C29H40. The molecule has 0 radical (unpaired) electrons. The van der Waals surface area contributed by atoms with Crippen molar-refractivity contribution in [1.82, 2.24) is 0 Å². The Morgan fingerprint density at radius 3 is 2.59 bits per heavy atom. The summed E-state index contributed by atoms with van der Waals surface area (Å²) in [7, 11) is 0. The molecule has 0 N–H and O–H groups in total. The minimum absolute atomic E-state index is 0.275. The molecule has 0 bridgehead atoms. The van der Waals surface area contributed by atoms with Crippen LogP contribution < -0.4 is 0 Å². The van der Waals surface area contributed by atoms with E-state index in [1.807, 2.05) is 0 Å². The van der Waals surface area contributed by atoms with E-state index in [0.29, 0.717) is 5.92 Å². The molecule has 29 heavy (non-hydrogen) atoms. The Labute approximate surface area is 179 Å². The van der Waals surface area contributed by atoms with Crippen LogP contribution in [0.4, 0.5) is 0 Å². The standard InChI is InChI=1S/C29H40/c1-19(2)8-7-9-20(3)10-12-22-13-15-26-28-24(16-17-29(26,5)6)23-14-11-21(4)18-25(23)27(22)28/h11,14,16-20,26H,7-10,12-13,15H2,1-6H3. The van der Waals surface area contributed by atoms with Crippen LogP contribution in [0.15, 0.2) is 41.5 Å². The lowest BCUT2D eigenvalue weighted by atomic mass is 9.63. The smallest absolute Gasteiger partial charge is 0.00605 e. The van der Waals surface area contributed by atoms with Gasteiger partial charge in [-0.15, -0.1) is 0 Å². The van der Waals surface area contributed by atoms with Crippen LogP contribution in [0.2, 0.25) is 0 Å². The number of allylic oxidation sites excluding steroid dienone is 6. The average Bonchev–Trinajstić information content (AvgIpc) is 2.98. The molecule has 0 saturated carbocycles. The van der Waals surface area contributed by atoms with Gasteiger partial charge in [-0.2, -0.15) is 0 Å². The van der Waals surface area contributed by atoms with Crippen LogP contribution in [0.1, 0.15) is 96.3 Å². The Morgan fingerprint density at radius 1 is 1.03 bits per heavy atom. The third-order valence-electron chi connectivity index (χ3n) is 7.73. The van der Waals surface area contributed by atoms with Gasteiger partial charge in [0.2, 0.25) is 0 Å². The molecule has 1 aromatic carbocycles. The Bertz CT molecular complexity index is 871. The third-order valence-corrected chi connectivity index (χ3v) is 7.73. The molecule has 0 nitrogen and oxygen atoms in total. The predicted molar refractivity (Wildman–Crippen MR) is 128 cm³/mol. The lowest BCUT2D eigenvalue weighted by molar-refractivity contribution is 0.306. The molecule has 0 aromatic heterocycles. The molecule has 3 aliphatic rings. The first kappa shape index (κ1) is 20.7. The first-order valence-electron chi connectivity index (χ1n) is 12.0. The summed E-state index contributed by atoms with van der Waals surface area (Å²) in [5.41, 5.74) is 11.3. The molecule has 4 rings (SSSR count). The van der Waals surface area contributed by atoms with Crippen molar-refractivity contribution in [2.24, 2.45) is 23.2 Å². The van der Waals surface area contributed by atoms with Gasteiger partial charge in [-0.05, 0) is 83.6 Å². The van der Waals surface area contributed by atoms with Gasteiger partial charge in [0.25, 0.3) is 0 Å². The van der Waals surface area contributed by atoms with Crippen molar-refractivity contribution >= 4 is 11.1 Å². The van der Waals surface area contributed by atoms with Crippen molar-refractivity contribution < 1.29 is 0 Å². The highest BCUT2D eigenvalue weighted by atomic mass is 14.5. The lowest BCUT2D eigenvalue weighted by Gasteiger charge is -2.40. The van der Waals surface area contributed by atoms with Crippen LogP contribution in [0.5, 0.6) is 0 Å². The first-order chi connectivity index (χ1) is 13.8. The van der Waals surface area contributed by atoms with E-state index in [-0.39, 0.29) is 5.41 Å². The van der Waals surface area contributed by atoms with Crippen molar-refractivity contribution in [2.45, 2.75) is 86.5 Å². The van der Waals surface area contributed by atoms with Crippen LogP contribution in [0.3, 0.4) is 0 Å². The normalized spacial score (nSPS) is 22.9. The second-order valence-corrected chi connectivity index (χ2v) is 11.1.